The molecule has 112 valence electrons. The van der Waals surface area contributed by atoms with E-state index in [9.17, 15) is 9.90 Å². The number of rotatable bonds is 9. The summed E-state index contributed by atoms with van der Waals surface area (Å²) in [7, 11) is 1.41. The second-order valence-corrected chi connectivity index (χ2v) is 6.90. The number of aliphatic hydroxyl groups excluding tert-OH is 2. The minimum absolute atomic E-state index is 0.191. The van der Waals surface area contributed by atoms with Gasteiger partial charge < -0.3 is 14.9 Å². The van der Waals surface area contributed by atoms with E-state index >= 15 is 0 Å². The first kappa shape index (κ1) is 16.8. The van der Waals surface area contributed by atoms with Crippen LogP contribution in [0.1, 0.15) is 33.1 Å². The number of hydrogen-bond acceptors (Lipinski definition) is 6. The lowest BCUT2D eigenvalue weighted by molar-refractivity contribution is -0.148. The third kappa shape index (κ3) is 5.69. The van der Waals surface area contributed by atoms with Crippen LogP contribution in [0.4, 0.5) is 0 Å². The number of nitrogens with one attached hydrogen (secondary N) is 1. The number of thioether (sulfide) groups is 1. The van der Waals surface area contributed by atoms with Gasteiger partial charge in [-0.2, -0.15) is 11.8 Å². The lowest BCUT2D eigenvalue weighted by atomic mass is 9.96. The molecule has 1 aliphatic rings. The van der Waals surface area contributed by atoms with E-state index in [1.54, 1.807) is 11.8 Å². The predicted molar refractivity (Wildman–Crippen MR) is 76.2 cm³/mol. The summed E-state index contributed by atoms with van der Waals surface area (Å²) >= 11 is 1.55. The van der Waals surface area contributed by atoms with E-state index in [0.29, 0.717) is 18.2 Å². The second-order valence-electron chi connectivity index (χ2n) is 5.43. The largest absolute Gasteiger partial charge is 0.468 e. The van der Waals surface area contributed by atoms with Gasteiger partial charge in [0.15, 0.2) is 0 Å². The SMILES string of the molecule is COC(=O)C(C)(CC(C)SCC(O)CO)NC1CC1. The molecule has 0 aliphatic heterocycles. The van der Waals surface area contributed by atoms with Crippen molar-refractivity contribution in [3.63, 3.8) is 0 Å². The Bertz CT molecular complexity index is 298. The minimum atomic E-state index is -0.701. The van der Waals surface area contributed by atoms with Crippen molar-refractivity contribution >= 4 is 17.7 Å². The Balaban J connectivity index is 2.48. The van der Waals surface area contributed by atoms with Crippen molar-refractivity contribution in [2.45, 2.75) is 56.0 Å². The third-order valence-corrected chi connectivity index (χ3v) is 4.53. The number of ether oxygens (including phenoxy) is 1. The summed E-state index contributed by atoms with van der Waals surface area (Å²) in [5, 5.41) is 21.7. The van der Waals surface area contributed by atoms with Crippen molar-refractivity contribution in [2.24, 2.45) is 0 Å². The van der Waals surface area contributed by atoms with Crippen LogP contribution in [0.3, 0.4) is 0 Å². The average molecular weight is 291 g/mol. The van der Waals surface area contributed by atoms with Gasteiger partial charge in [-0.1, -0.05) is 6.92 Å². The Labute approximate surface area is 119 Å². The molecule has 5 nitrogen and oxygen atoms in total. The standard InChI is InChI=1S/C13H25NO4S/c1-9(19-8-11(16)7-15)6-13(2,12(17)18-3)14-10-4-5-10/h9-11,14-16H,4-8H2,1-3H3. The van der Waals surface area contributed by atoms with Gasteiger partial charge >= 0.3 is 5.97 Å². The van der Waals surface area contributed by atoms with E-state index in [4.69, 9.17) is 9.84 Å². The zero-order valence-electron chi connectivity index (χ0n) is 11.9. The van der Waals surface area contributed by atoms with E-state index in [1.807, 2.05) is 13.8 Å². The number of methoxy groups -OCH3 is 1. The van der Waals surface area contributed by atoms with Crippen molar-refractivity contribution in [1.82, 2.24) is 5.32 Å². The van der Waals surface area contributed by atoms with Gasteiger partial charge in [-0.25, -0.2) is 0 Å². The summed E-state index contributed by atoms with van der Waals surface area (Å²) in [6.07, 6.45) is 2.15. The van der Waals surface area contributed by atoms with Gasteiger partial charge in [-0.3, -0.25) is 10.1 Å². The van der Waals surface area contributed by atoms with Crippen LogP contribution in [-0.4, -0.2) is 58.6 Å². The topological polar surface area (TPSA) is 78.8 Å². The van der Waals surface area contributed by atoms with Crippen molar-refractivity contribution < 1.29 is 19.7 Å². The Morgan fingerprint density at radius 3 is 2.68 bits per heavy atom. The molecular formula is C13H25NO4S. The lowest BCUT2D eigenvalue weighted by Crippen LogP contribution is -2.52. The van der Waals surface area contributed by atoms with Crippen LogP contribution in [0.15, 0.2) is 0 Å². The van der Waals surface area contributed by atoms with Gasteiger partial charge in [-0.05, 0) is 26.2 Å². The van der Waals surface area contributed by atoms with E-state index in [1.165, 1.54) is 7.11 Å². The fourth-order valence-corrected chi connectivity index (χ4v) is 3.17. The molecule has 3 unspecified atom stereocenters. The van der Waals surface area contributed by atoms with Crippen LogP contribution in [0.25, 0.3) is 0 Å². The van der Waals surface area contributed by atoms with E-state index in [2.05, 4.69) is 5.32 Å². The highest BCUT2D eigenvalue weighted by atomic mass is 32.2. The molecular weight excluding hydrogens is 266 g/mol. The lowest BCUT2D eigenvalue weighted by Gasteiger charge is -2.30. The summed E-state index contributed by atoms with van der Waals surface area (Å²) in [5.74, 6) is 0.229. The Morgan fingerprint density at radius 2 is 2.21 bits per heavy atom. The number of aliphatic hydroxyl groups is 2. The monoisotopic (exact) mass is 291 g/mol. The van der Waals surface area contributed by atoms with E-state index < -0.39 is 11.6 Å². The van der Waals surface area contributed by atoms with Gasteiger partial charge in [-0.15, -0.1) is 0 Å². The summed E-state index contributed by atoms with van der Waals surface area (Å²) in [4.78, 5) is 11.9. The molecule has 1 saturated carbocycles. The Kier molecular flexibility index (Phi) is 6.59. The molecule has 0 aromatic carbocycles. The highest BCUT2D eigenvalue weighted by Crippen LogP contribution is 2.28. The van der Waals surface area contributed by atoms with Gasteiger partial charge in [0.25, 0.3) is 0 Å². The maximum absolute atomic E-state index is 11.9. The first-order valence-electron chi connectivity index (χ1n) is 6.68. The number of hydrogen-bond donors (Lipinski definition) is 3. The van der Waals surface area contributed by atoms with Crippen molar-refractivity contribution in [3.05, 3.63) is 0 Å². The molecule has 0 radical (unpaired) electrons. The van der Waals surface area contributed by atoms with Gasteiger partial charge in [0, 0.05) is 17.0 Å². The molecule has 3 atom stereocenters. The van der Waals surface area contributed by atoms with Crippen LogP contribution >= 0.6 is 11.8 Å². The molecule has 0 saturated heterocycles. The molecule has 19 heavy (non-hydrogen) atoms. The normalized spacial score (nSPS) is 21.5. The first-order valence-corrected chi connectivity index (χ1v) is 7.72. The molecule has 0 amide bonds. The highest BCUT2D eigenvalue weighted by Gasteiger charge is 2.40. The molecule has 1 fully saturated rings. The first-order chi connectivity index (χ1) is 8.91. The third-order valence-electron chi connectivity index (χ3n) is 3.22. The maximum atomic E-state index is 11.9. The Hall–Kier alpha value is -0.300. The quantitative estimate of drug-likeness (QED) is 0.538. The van der Waals surface area contributed by atoms with Crippen LogP contribution in [-0.2, 0) is 9.53 Å². The smallest absolute Gasteiger partial charge is 0.325 e. The summed E-state index contributed by atoms with van der Waals surface area (Å²) in [6.45, 7) is 3.66. The second kappa shape index (κ2) is 7.47. The molecule has 0 aromatic heterocycles. The van der Waals surface area contributed by atoms with E-state index in [0.717, 1.165) is 12.8 Å². The summed E-state index contributed by atoms with van der Waals surface area (Å²) in [6, 6.07) is 0.421. The molecule has 6 heteroatoms. The van der Waals surface area contributed by atoms with Crippen molar-refractivity contribution in [3.8, 4) is 0 Å². The highest BCUT2D eigenvalue weighted by molar-refractivity contribution is 7.99. The fraction of sp³-hybridized carbons (Fsp3) is 0.923. The number of esters is 1. The molecule has 1 aliphatic carbocycles. The molecule has 0 heterocycles. The number of carbonyl (C=O) groups is 1. The predicted octanol–water partition coefficient (Wildman–Crippen LogP) is 0.535. The number of carbonyl (C=O) groups excluding carboxylic acids is 1. The molecule has 3 N–H and O–H groups in total. The van der Waals surface area contributed by atoms with Crippen molar-refractivity contribution in [1.29, 1.82) is 0 Å². The van der Waals surface area contributed by atoms with Crippen LogP contribution < -0.4 is 5.32 Å². The summed E-state index contributed by atoms with van der Waals surface area (Å²) < 4.78 is 4.89. The van der Waals surface area contributed by atoms with Crippen molar-refractivity contribution in [2.75, 3.05) is 19.5 Å². The maximum Gasteiger partial charge on any atom is 0.325 e. The minimum Gasteiger partial charge on any atom is -0.468 e. The van der Waals surface area contributed by atoms with E-state index in [-0.39, 0.29) is 17.8 Å². The molecule has 0 spiro atoms. The molecule has 0 bridgehead atoms. The van der Waals surface area contributed by atoms with Gasteiger partial charge in [0.2, 0.25) is 0 Å². The fourth-order valence-electron chi connectivity index (χ4n) is 2.07. The molecule has 0 aromatic rings. The molecule has 1 rings (SSSR count). The van der Waals surface area contributed by atoms with Crippen LogP contribution in [0, 0.1) is 0 Å². The summed E-state index contributed by atoms with van der Waals surface area (Å²) in [5.41, 5.74) is -0.674. The van der Waals surface area contributed by atoms with Crippen LogP contribution in [0.2, 0.25) is 0 Å². The van der Waals surface area contributed by atoms with Gasteiger partial charge in [0.05, 0.1) is 19.8 Å². The zero-order valence-corrected chi connectivity index (χ0v) is 12.7. The van der Waals surface area contributed by atoms with Gasteiger partial charge in [0.1, 0.15) is 5.54 Å². The average Bonchev–Trinajstić information content (AvgIpc) is 3.18. The zero-order chi connectivity index (χ0) is 14.5. The van der Waals surface area contributed by atoms with Crippen LogP contribution in [0.5, 0.6) is 0 Å². The Morgan fingerprint density at radius 1 is 1.58 bits per heavy atom.